The first-order valence-electron chi connectivity index (χ1n) is 17.7. The molecule has 328 valence electrons. The molecule has 0 saturated heterocycles. The van der Waals surface area contributed by atoms with Crippen LogP contribution >= 0.6 is 0 Å². The molecule has 0 radical (unpaired) electrons. The Morgan fingerprint density at radius 1 is 0.730 bits per heavy atom. The van der Waals surface area contributed by atoms with Crippen LogP contribution in [0.15, 0.2) is 82.8 Å². The Balaban J connectivity index is 0.000000167. The van der Waals surface area contributed by atoms with Crippen molar-refractivity contribution in [3.8, 4) is 22.3 Å². The number of aromatic nitrogens is 8. The van der Waals surface area contributed by atoms with E-state index in [1.54, 1.807) is 24.4 Å². The van der Waals surface area contributed by atoms with E-state index < -0.39 is 97.8 Å². The summed E-state index contributed by atoms with van der Waals surface area (Å²) in [5, 5.41) is 12.6. The number of rotatable bonds is 5. The second-order valence-electron chi connectivity index (χ2n) is 12.9. The number of ketones is 1. The third-order valence-electron chi connectivity index (χ3n) is 8.73. The molecular formula is C40H30F9N9O5. The van der Waals surface area contributed by atoms with Crippen LogP contribution in [0.25, 0.3) is 33.5 Å². The molecular weight excluding hydrogens is 857 g/mol. The van der Waals surface area contributed by atoms with Gasteiger partial charge in [0.25, 0.3) is 11.1 Å². The molecule has 5 N–H and O–H groups in total. The van der Waals surface area contributed by atoms with E-state index in [2.05, 4.69) is 35.1 Å². The SMILES string of the molecule is COC(=O)C(C(C)=O)c1c(F)cc(F)cc1F.Cc1c(-c2c(F)cc(F)cc2F)c(=O)[nH]c2ccnn12.Cc1nc2cc[nH]n2c(=O)c1-c1c(F)cc(F)cc1F.Nc1ccn[nH]1. The summed E-state index contributed by atoms with van der Waals surface area (Å²) >= 11 is 0. The summed E-state index contributed by atoms with van der Waals surface area (Å²) < 4.78 is 127. The molecule has 23 heteroatoms. The van der Waals surface area contributed by atoms with Crippen molar-refractivity contribution in [3.05, 3.63) is 163 Å². The number of ether oxygens (including phenoxy) is 1. The Morgan fingerprint density at radius 3 is 1.71 bits per heavy atom. The number of hydrogen-bond donors (Lipinski definition) is 4. The van der Waals surface area contributed by atoms with Gasteiger partial charge in [-0.1, -0.05) is 0 Å². The number of aromatic amines is 3. The van der Waals surface area contributed by atoms with Crippen molar-refractivity contribution < 1.29 is 53.8 Å². The topological polar surface area (TPSA) is 198 Å². The lowest BCUT2D eigenvalue weighted by Crippen LogP contribution is -2.23. The quantitative estimate of drug-likeness (QED) is 0.0819. The highest BCUT2D eigenvalue weighted by molar-refractivity contribution is 6.03. The highest BCUT2D eigenvalue weighted by atomic mass is 19.2. The summed E-state index contributed by atoms with van der Waals surface area (Å²) in [5.74, 6) is -13.4. The third-order valence-corrected chi connectivity index (χ3v) is 8.73. The van der Waals surface area contributed by atoms with Crippen molar-refractivity contribution >= 4 is 28.9 Å². The van der Waals surface area contributed by atoms with Gasteiger partial charge in [0.05, 0.1) is 53.1 Å². The van der Waals surface area contributed by atoms with Crippen LogP contribution in [0, 0.1) is 66.2 Å². The maximum atomic E-state index is 13.8. The Kier molecular flexibility index (Phi) is 14.0. The Labute approximate surface area is 346 Å². The van der Waals surface area contributed by atoms with E-state index in [0.717, 1.165) is 18.5 Å². The number of nitrogens with zero attached hydrogens (tertiary/aromatic N) is 5. The molecule has 1 atom stereocenters. The molecule has 3 aromatic carbocycles. The van der Waals surface area contributed by atoms with E-state index >= 15 is 0 Å². The molecule has 8 aromatic rings. The van der Waals surface area contributed by atoms with Crippen molar-refractivity contribution in [1.82, 2.24) is 39.4 Å². The fourth-order valence-corrected chi connectivity index (χ4v) is 6.03. The van der Waals surface area contributed by atoms with Crippen LogP contribution in [0.3, 0.4) is 0 Å². The number of H-pyrrole nitrogens is 3. The number of hydrogen-bond acceptors (Lipinski definition) is 9. The lowest BCUT2D eigenvalue weighted by molar-refractivity contribution is -0.145. The molecule has 0 saturated carbocycles. The summed E-state index contributed by atoms with van der Waals surface area (Å²) in [6, 6.07) is 7.72. The van der Waals surface area contributed by atoms with Gasteiger partial charge in [-0.2, -0.15) is 10.2 Å². The van der Waals surface area contributed by atoms with Gasteiger partial charge in [-0.05, 0) is 26.8 Å². The third kappa shape index (κ3) is 9.98. The number of fused-ring (bicyclic) bond motifs is 2. The van der Waals surface area contributed by atoms with Gasteiger partial charge >= 0.3 is 5.97 Å². The number of esters is 1. The first-order valence-corrected chi connectivity index (χ1v) is 17.7. The molecule has 0 aliphatic heterocycles. The number of carbonyl (C=O) groups is 2. The molecule has 0 fully saturated rings. The molecule has 0 aliphatic rings. The molecule has 0 amide bonds. The normalized spacial score (nSPS) is 11.2. The van der Waals surface area contributed by atoms with Crippen LogP contribution < -0.4 is 16.9 Å². The highest BCUT2D eigenvalue weighted by Gasteiger charge is 2.32. The molecule has 5 heterocycles. The number of nitrogen functional groups attached to an aromatic ring is 1. The van der Waals surface area contributed by atoms with Gasteiger partial charge in [0.1, 0.15) is 75.5 Å². The van der Waals surface area contributed by atoms with Crippen LogP contribution in [0.2, 0.25) is 0 Å². The fourth-order valence-electron chi connectivity index (χ4n) is 6.03. The second-order valence-corrected chi connectivity index (χ2v) is 12.9. The predicted octanol–water partition coefficient (Wildman–Crippen LogP) is 6.77. The van der Waals surface area contributed by atoms with Gasteiger partial charge in [0, 0.05) is 60.3 Å². The number of nitrogens with two attached hydrogens (primary N) is 1. The Morgan fingerprint density at radius 2 is 1.25 bits per heavy atom. The molecule has 5 aromatic heterocycles. The zero-order valence-electron chi connectivity index (χ0n) is 32.8. The van der Waals surface area contributed by atoms with Gasteiger partial charge < -0.3 is 15.5 Å². The maximum absolute atomic E-state index is 13.8. The lowest BCUT2D eigenvalue weighted by Gasteiger charge is -2.13. The Bertz CT molecular complexity index is 2980. The van der Waals surface area contributed by atoms with Crippen LogP contribution in [0.4, 0.5) is 45.3 Å². The van der Waals surface area contributed by atoms with Crippen molar-refractivity contribution in [2.45, 2.75) is 26.7 Å². The fraction of sp³-hybridized carbons (Fsp3) is 0.125. The standard InChI is InChI=1S/2C13H8F3N3O.C11H9F3O3.C3H5N3/c1-6-11(12-8(15)4-7(14)5-9(12)16)13(20)18-10-2-3-17-19(6)10;1-6-11(12-8(15)4-7(14)5-9(12)16)13(20)19-10(18-6)2-3-17-19;1-5(15)9(11(16)17-2)10-7(13)3-6(12)4-8(10)14;4-3-1-2-5-6-3/h2-5H,1H3,(H,18,20);2-5,17H,1H3;3-4,9H,1-2H3;1-2H,(H3,4,5,6). The first-order chi connectivity index (χ1) is 29.7. The van der Waals surface area contributed by atoms with Crippen molar-refractivity contribution in [2.75, 3.05) is 12.8 Å². The smallest absolute Gasteiger partial charge is 0.320 e. The number of nitrogens with one attached hydrogen (secondary N) is 3. The summed E-state index contributed by atoms with van der Waals surface area (Å²) in [5.41, 5.74) is 2.61. The van der Waals surface area contributed by atoms with E-state index in [0.29, 0.717) is 53.5 Å². The number of aryl methyl sites for hydroxylation is 2. The number of benzene rings is 3. The van der Waals surface area contributed by atoms with Crippen molar-refractivity contribution in [3.63, 3.8) is 0 Å². The number of anilines is 1. The van der Waals surface area contributed by atoms with E-state index in [-0.39, 0.29) is 22.5 Å². The van der Waals surface area contributed by atoms with Gasteiger partial charge in [-0.25, -0.2) is 53.5 Å². The van der Waals surface area contributed by atoms with Gasteiger partial charge in [-0.3, -0.25) is 29.4 Å². The molecule has 1 unspecified atom stereocenters. The average Bonchev–Trinajstić information content (AvgIpc) is 3.98. The minimum atomic E-state index is -1.72. The molecule has 8 rings (SSSR count). The first kappa shape index (κ1) is 46.1. The zero-order valence-corrected chi connectivity index (χ0v) is 32.8. The lowest BCUT2D eigenvalue weighted by atomic mass is 9.94. The van der Waals surface area contributed by atoms with Crippen LogP contribution in [-0.4, -0.2) is 58.3 Å². The highest BCUT2D eigenvalue weighted by Crippen LogP contribution is 2.29. The molecule has 0 aliphatic carbocycles. The van der Waals surface area contributed by atoms with Crippen LogP contribution in [0.1, 0.15) is 29.8 Å². The van der Waals surface area contributed by atoms with E-state index in [1.807, 2.05) is 0 Å². The van der Waals surface area contributed by atoms with Crippen molar-refractivity contribution in [1.29, 1.82) is 0 Å². The summed E-state index contributed by atoms with van der Waals surface area (Å²) in [7, 11) is 0.984. The van der Waals surface area contributed by atoms with Gasteiger partial charge in [0.2, 0.25) is 0 Å². The zero-order chi connectivity index (χ0) is 46.4. The number of halogens is 9. The summed E-state index contributed by atoms with van der Waals surface area (Å²) in [6.45, 7) is 3.96. The Hall–Kier alpha value is -7.98. The van der Waals surface area contributed by atoms with Gasteiger partial charge in [-0.15, -0.1) is 0 Å². The summed E-state index contributed by atoms with van der Waals surface area (Å²) in [6.07, 6.45) is 4.53. The van der Waals surface area contributed by atoms with Gasteiger partial charge in [0.15, 0.2) is 5.65 Å². The largest absolute Gasteiger partial charge is 0.468 e. The second kappa shape index (κ2) is 19.2. The van der Waals surface area contributed by atoms with E-state index in [4.69, 9.17) is 5.73 Å². The van der Waals surface area contributed by atoms with E-state index in [1.165, 1.54) is 30.8 Å². The molecule has 14 nitrogen and oxygen atoms in total. The monoisotopic (exact) mass is 887 g/mol. The number of carbonyl (C=O) groups excluding carboxylic acids is 2. The predicted molar refractivity (Wildman–Crippen MR) is 206 cm³/mol. The minimum absolute atomic E-state index is 0.166. The van der Waals surface area contributed by atoms with Crippen molar-refractivity contribution in [2.24, 2.45) is 0 Å². The maximum Gasteiger partial charge on any atom is 0.320 e. The summed E-state index contributed by atoms with van der Waals surface area (Å²) in [4.78, 5) is 53.3. The number of Topliss-reactive ketones (excluding diaryl/α,β-unsaturated/α-hetero) is 1. The molecule has 63 heavy (non-hydrogen) atoms. The number of methoxy groups -OCH3 is 1. The van der Waals surface area contributed by atoms with Crippen LogP contribution in [0.5, 0.6) is 0 Å². The minimum Gasteiger partial charge on any atom is -0.468 e. The van der Waals surface area contributed by atoms with Crippen LogP contribution in [-0.2, 0) is 14.3 Å². The molecule has 0 bridgehead atoms. The molecule has 0 spiro atoms. The average molecular weight is 888 g/mol. The van der Waals surface area contributed by atoms with E-state index in [9.17, 15) is 58.7 Å².